The molecule has 0 atom stereocenters. The van der Waals surface area contributed by atoms with Crippen LogP contribution in [0.1, 0.15) is 15.9 Å². The monoisotopic (exact) mass is 283 g/mol. The molecule has 21 heavy (non-hydrogen) atoms. The van der Waals surface area contributed by atoms with E-state index in [-0.39, 0.29) is 12.2 Å². The average molecular weight is 283 g/mol. The highest BCUT2D eigenvalue weighted by Gasteiger charge is 2.19. The third-order valence-corrected chi connectivity index (χ3v) is 2.67. The molecule has 0 aliphatic carbocycles. The van der Waals surface area contributed by atoms with Crippen LogP contribution in [0.3, 0.4) is 0 Å². The Hall–Kier alpha value is -2.95. The van der Waals surface area contributed by atoms with Crippen LogP contribution in [0.5, 0.6) is 0 Å². The summed E-state index contributed by atoms with van der Waals surface area (Å²) in [7, 11) is 0. The molecule has 2 aromatic carbocycles. The number of ether oxygens (including phenoxy) is 1. The van der Waals surface area contributed by atoms with Gasteiger partial charge in [-0.15, -0.1) is 0 Å². The number of alkyl carbamates (subject to hydrolysis) is 1. The SMILES string of the molecule is O=C(NC(=O)C(=O)c1ccccc1)OCc1ccccc1. The van der Waals surface area contributed by atoms with Gasteiger partial charge in [0.05, 0.1) is 0 Å². The maximum atomic E-state index is 11.7. The Morgan fingerprint density at radius 2 is 1.43 bits per heavy atom. The Morgan fingerprint density at radius 3 is 2.05 bits per heavy atom. The Bertz CT molecular complexity index is 638. The summed E-state index contributed by atoms with van der Waals surface area (Å²) in [6, 6.07) is 17.0. The topological polar surface area (TPSA) is 72.5 Å². The number of rotatable bonds is 4. The third-order valence-electron chi connectivity index (χ3n) is 2.67. The Labute approximate surface area is 121 Å². The summed E-state index contributed by atoms with van der Waals surface area (Å²) in [5, 5.41) is 1.90. The number of benzene rings is 2. The molecular weight excluding hydrogens is 270 g/mol. The molecule has 2 aromatic rings. The fourth-order valence-corrected chi connectivity index (χ4v) is 1.63. The van der Waals surface area contributed by atoms with Crippen molar-refractivity contribution in [2.45, 2.75) is 6.61 Å². The van der Waals surface area contributed by atoms with Gasteiger partial charge >= 0.3 is 12.0 Å². The Morgan fingerprint density at radius 1 is 0.857 bits per heavy atom. The van der Waals surface area contributed by atoms with Crippen LogP contribution in [-0.2, 0) is 16.1 Å². The highest BCUT2D eigenvalue weighted by atomic mass is 16.5. The summed E-state index contributed by atoms with van der Waals surface area (Å²) < 4.78 is 4.86. The molecule has 0 aliphatic heterocycles. The zero-order valence-corrected chi connectivity index (χ0v) is 11.1. The molecule has 106 valence electrons. The minimum Gasteiger partial charge on any atom is -0.444 e. The molecule has 2 amide bonds. The molecule has 0 spiro atoms. The van der Waals surface area contributed by atoms with E-state index in [4.69, 9.17) is 4.74 Å². The van der Waals surface area contributed by atoms with Gasteiger partial charge in [0.25, 0.3) is 5.78 Å². The van der Waals surface area contributed by atoms with Gasteiger partial charge in [0.1, 0.15) is 6.61 Å². The van der Waals surface area contributed by atoms with Gasteiger partial charge in [-0.05, 0) is 5.56 Å². The van der Waals surface area contributed by atoms with Gasteiger partial charge in [-0.1, -0.05) is 60.7 Å². The van der Waals surface area contributed by atoms with Crippen LogP contribution in [0.2, 0.25) is 0 Å². The van der Waals surface area contributed by atoms with E-state index in [0.717, 1.165) is 5.56 Å². The zero-order chi connectivity index (χ0) is 15.1. The highest BCUT2D eigenvalue weighted by Crippen LogP contribution is 2.02. The van der Waals surface area contributed by atoms with Crippen molar-refractivity contribution in [2.75, 3.05) is 0 Å². The van der Waals surface area contributed by atoms with Crippen molar-refractivity contribution < 1.29 is 19.1 Å². The van der Waals surface area contributed by atoms with Gasteiger partial charge in [-0.25, -0.2) is 4.79 Å². The van der Waals surface area contributed by atoms with Gasteiger partial charge in [0, 0.05) is 5.56 Å². The largest absolute Gasteiger partial charge is 0.444 e. The highest BCUT2D eigenvalue weighted by molar-refractivity contribution is 6.44. The van der Waals surface area contributed by atoms with Gasteiger partial charge in [0.15, 0.2) is 0 Å². The number of nitrogens with one attached hydrogen (secondary N) is 1. The van der Waals surface area contributed by atoms with E-state index in [1.165, 1.54) is 12.1 Å². The molecule has 0 fully saturated rings. The first kappa shape index (κ1) is 14.5. The van der Waals surface area contributed by atoms with E-state index in [1.807, 2.05) is 11.4 Å². The number of Topliss-reactive ketones (excluding diaryl/α,β-unsaturated/α-hetero) is 1. The van der Waals surface area contributed by atoms with Crippen LogP contribution in [0.15, 0.2) is 60.7 Å². The fourth-order valence-electron chi connectivity index (χ4n) is 1.63. The summed E-state index contributed by atoms with van der Waals surface area (Å²) in [4.78, 5) is 34.8. The van der Waals surface area contributed by atoms with Crippen molar-refractivity contribution in [3.8, 4) is 0 Å². The number of amides is 2. The van der Waals surface area contributed by atoms with Crippen molar-refractivity contribution in [3.63, 3.8) is 0 Å². The molecule has 0 radical (unpaired) electrons. The normalized spacial score (nSPS) is 9.71. The van der Waals surface area contributed by atoms with Crippen LogP contribution in [0.4, 0.5) is 4.79 Å². The van der Waals surface area contributed by atoms with Gasteiger partial charge in [-0.2, -0.15) is 0 Å². The molecule has 2 rings (SSSR count). The Kier molecular flexibility index (Phi) is 4.82. The summed E-state index contributed by atoms with van der Waals surface area (Å²) in [6.07, 6.45) is -0.951. The summed E-state index contributed by atoms with van der Waals surface area (Å²) >= 11 is 0. The van der Waals surface area contributed by atoms with E-state index < -0.39 is 17.8 Å². The predicted molar refractivity (Wildman–Crippen MR) is 75.5 cm³/mol. The Balaban J connectivity index is 1.85. The van der Waals surface area contributed by atoms with Crippen LogP contribution >= 0.6 is 0 Å². The molecule has 0 bridgehead atoms. The van der Waals surface area contributed by atoms with Crippen LogP contribution in [0.25, 0.3) is 0 Å². The van der Waals surface area contributed by atoms with Crippen LogP contribution < -0.4 is 5.32 Å². The summed E-state index contributed by atoms with van der Waals surface area (Å²) in [5.41, 5.74) is 1.00. The lowest BCUT2D eigenvalue weighted by molar-refractivity contribution is -0.116. The molecule has 5 heteroatoms. The standard InChI is InChI=1S/C16H13NO4/c18-14(13-9-5-2-6-10-13)15(19)17-16(20)21-11-12-7-3-1-4-8-12/h1-10H,11H2,(H,17,19,20). The molecule has 0 saturated heterocycles. The van der Waals surface area contributed by atoms with Crippen LogP contribution in [-0.4, -0.2) is 17.8 Å². The number of carbonyl (C=O) groups excluding carboxylic acids is 3. The molecule has 0 aliphatic rings. The first-order valence-electron chi connectivity index (χ1n) is 6.28. The third kappa shape index (κ3) is 4.28. The van der Waals surface area contributed by atoms with Crippen molar-refractivity contribution in [3.05, 3.63) is 71.8 Å². The number of hydrogen-bond acceptors (Lipinski definition) is 4. The molecule has 0 unspecified atom stereocenters. The fraction of sp³-hybridized carbons (Fsp3) is 0.0625. The molecule has 5 nitrogen and oxygen atoms in total. The molecule has 0 aromatic heterocycles. The smallest absolute Gasteiger partial charge is 0.414 e. The second-order valence-electron chi connectivity index (χ2n) is 4.21. The number of hydrogen-bond donors (Lipinski definition) is 1. The minimum atomic E-state index is -1.01. The molecule has 0 saturated carbocycles. The lowest BCUT2D eigenvalue weighted by Crippen LogP contribution is -2.36. The first-order valence-corrected chi connectivity index (χ1v) is 6.28. The molecule has 0 heterocycles. The number of ketones is 1. The van der Waals surface area contributed by atoms with E-state index in [1.54, 1.807) is 42.5 Å². The van der Waals surface area contributed by atoms with Gasteiger partial charge < -0.3 is 4.74 Å². The lowest BCUT2D eigenvalue weighted by Gasteiger charge is -2.05. The van der Waals surface area contributed by atoms with Crippen LogP contribution in [0, 0.1) is 0 Å². The van der Waals surface area contributed by atoms with Crippen molar-refractivity contribution in [2.24, 2.45) is 0 Å². The zero-order valence-electron chi connectivity index (χ0n) is 11.1. The summed E-state index contributed by atoms with van der Waals surface area (Å²) in [6.45, 7) is 0.0273. The lowest BCUT2D eigenvalue weighted by atomic mass is 10.1. The van der Waals surface area contributed by atoms with E-state index in [2.05, 4.69) is 0 Å². The van der Waals surface area contributed by atoms with Gasteiger partial charge in [0.2, 0.25) is 0 Å². The molecule has 1 N–H and O–H groups in total. The number of imide groups is 1. The van der Waals surface area contributed by atoms with Gasteiger partial charge in [-0.3, -0.25) is 14.9 Å². The van der Waals surface area contributed by atoms with Crippen molar-refractivity contribution in [1.29, 1.82) is 0 Å². The minimum absolute atomic E-state index is 0.0273. The van der Waals surface area contributed by atoms with E-state index >= 15 is 0 Å². The van der Waals surface area contributed by atoms with Crippen molar-refractivity contribution in [1.82, 2.24) is 5.32 Å². The second kappa shape index (κ2) is 7.00. The summed E-state index contributed by atoms with van der Waals surface area (Å²) in [5.74, 6) is -1.80. The quantitative estimate of drug-likeness (QED) is 0.690. The average Bonchev–Trinajstić information content (AvgIpc) is 2.54. The van der Waals surface area contributed by atoms with E-state index in [9.17, 15) is 14.4 Å². The maximum Gasteiger partial charge on any atom is 0.414 e. The van der Waals surface area contributed by atoms with E-state index in [0.29, 0.717) is 0 Å². The molecular formula is C16H13NO4. The maximum absolute atomic E-state index is 11.7. The van der Waals surface area contributed by atoms with Crippen molar-refractivity contribution >= 4 is 17.8 Å². The first-order chi connectivity index (χ1) is 10.2. The predicted octanol–water partition coefficient (Wildman–Crippen LogP) is 2.32. The second-order valence-corrected chi connectivity index (χ2v) is 4.21. The number of carbonyl (C=O) groups is 3.